The molecular weight excluding hydrogens is 370 g/mol. The van der Waals surface area contributed by atoms with Gasteiger partial charge in [0.1, 0.15) is 5.75 Å². The monoisotopic (exact) mass is 387 g/mol. The number of anilines is 1. The lowest BCUT2D eigenvalue weighted by Crippen LogP contribution is -2.27. The van der Waals surface area contributed by atoms with E-state index in [-0.39, 0.29) is 18.3 Å². The summed E-state index contributed by atoms with van der Waals surface area (Å²) in [6.07, 6.45) is 0.180. The predicted octanol–water partition coefficient (Wildman–Crippen LogP) is 4.02. The van der Waals surface area contributed by atoms with Gasteiger partial charge in [-0.2, -0.15) is 0 Å². The first kappa shape index (κ1) is 16.7. The maximum Gasteiger partial charge on any atom is 0.316 e. The van der Waals surface area contributed by atoms with Crippen LogP contribution in [-0.4, -0.2) is 18.4 Å². The number of rotatable bonds is 3. The van der Waals surface area contributed by atoms with Gasteiger partial charge < -0.3 is 9.64 Å². The molecule has 1 aliphatic heterocycles. The van der Waals surface area contributed by atoms with E-state index in [4.69, 9.17) is 4.74 Å². The topological polar surface area (TPSA) is 46.6 Å². The van der Waals surface area contributed by atoms with E-state index in [2.05, 4.69) is 15.9 Å². The van der Waals surface area contributed by atoms with Gasteiger partial charge in [-0.15, -0.1) is 0 Å². The van der Waals surface area contributed by atoms with Crippen LogP contribution in [0.15, 0.2) is 46.9 Å². The highest BCUT2D eigenvalue weighted by Gasteiger charge is 2.36. The molecule has 1 amide bonds. The van der Waals surface area contributed by atoms with Gasteiger partial charge in [0.25, 0.3) is 0 Å². The van der Waals surface area contributed by atoms with Gasteiger partial charge in [0.15, 0.2) is 0 Å². The third-order valence-electron chi connectivity index (χ3n) is 4.01. The van der Waals surface area contributed by atoms with Crippen molar-refractivity contribution >= 4 is 33.5 Å². The minimum Gasteiger partial charge on any atom is -0.426 e. The van der Waals surface area contributed by atoms with E-state index in [1.807, 2.05) is 56.3 Å². The van der Waals surface area contributed by atoms with Crippen molar-refractivity contribution in [1.82, 2.24) is 0 Å². The zero-order chi connectivity index (χ0) is 17.3. The molecule has 3 rings (SSSR count). The smallest absolute Gasteiger partial charge is 0.316 e. The number of aryl methyl sites for hydroxylation is 2. The third-order valence-corrected chi connectivity index (χ3v) is 4.54. The molecule has 0 aromatic heterocycles. The summed E-state index contributed by atoms with van der Waals surface area (Å²) < 4.78 is 6.43. The van der Waals surface area contributed by atoms with Crippen molar-refractivity contribution < 1.29 is 14.3 Å². The molecule has 0 aliphatic carbocycles. The third kappa shape index (κ3) is 3.67. The molecule has 4 nitrogen and oxygen atoms in total. The second-order valence-electron chi connectivity index (χ2n) is 6.13. The Morgan fingerprint density at radius 2 is 1.75 bits per heavy atom. The molecule has 0 N–H and O–H groups in total. The number of carbonyl (C=O) groups is 2. The van der Waals surface area contributed by atoms with Crippen LogP contribution in [0.25, 0.3) is 0 Å². The lowest BCUT2D eigenvalue weighted by atomic mass is 10.1. The lowest BCUT2D eigenvalue weighted by Gasteiger charge is -2.16. The molecule has 0 bridgehead atoms. The van der Waals surface area contributed by atoms with E-state index in [1.165, 1.54) is 0 Å². The SMILES string of the molecule is Cc1cc(C)cc(OC(=O)[C@@H]2CC(=O)N(c3ccc(Br)cc3)C2)c1. The van der Waals surface area contributed by atoms with Crippen molar-refractivity contribution in [2.45, 2.75) is 20.3 Å². The Morgan fingerprint density at radius 1 is 1.12 bits per heavy atom. The molecule has 0 spiro atoms. The molecule has 1 fully saturated rings. The minimum atomic E-state index is -0.443. The summed E-state index contributed by atoms with van der Waals surface area (Å²) in [5, 5.41) is 0. The number of hydrogen-bond acceptors (Lipinski definition) is 3. The number of nitrogens with zero attached hydrogens (tertiary/aromatic N) is 1. The second-order valence-corrected chi connectivity index (χ2v) is 7.04. The van der Waals surface area contributed by atoms with Crippen molar-refractivity contribution in [2.75, 3.05) is 11.4 Å². The zero-order valence-corrected chi connectivity index (χ0v) is 15.2. The molecule has 1 saturated heterocycles. The van der Waals surface area contributed by atoms with E-state index in [9.17, 15) is 9.59 Å². The summed E-state index contributed by atoms with van der Waals surface area (Å²) in [5.74, 6) is -0.318. The van der Waals surface area contributed by atoms with Crippen LogP contribution < -0.4 is 9.64 Å². The number of hydrogen-bond donors (Lipinski definition) is 0. The normalized spacial score (nSPS) is 17.2. The van der Waals surface area contributed by atoms with Crippen LogP contribution >= 0.6 is 15.9 Å². The van der Waals surface area contributed by atoms with Gasteiger partial charge in [0.2, 0.25) is 5.91 Å². The van der Waals surface area contributed by atoms with Crippen molar-refractivity contribution in [1.29, 1.82) is 0 Å². The quantitative estimate of drug-likeness (QED) is 0.589. The molecule has 24 heavy (non-hydrogen) atoms. The zero-order valence-electron chi connectivity index (χ0n) is 13.6. The molecule has 2 aromatic carbocycles. The summed E-state index contributed by atoms with van der Waals surface area (Å²) in [7, 11) is 0. The molecule has 1 heterocycles. The Labute approximate surface area is 149 Å². The first-order valence-electron chi connectivity index (χ1n) is 7.78. The fourth-order valence-corrected chi connectivity index (χ4v) is 3.19. The summed E-state index contributed by atoms with van der Waals surface area (Å²) in [4.78, 5) is 26.3. The lowest BCUT2D eigenvalue weighted by molar-refractivity contribution is -0.139. The Kier molecular flexibility index (Phi) is 4.71. The highest BCUT2D eigenvalue weighted by Crippen LogP contribution is 2.28. The minimum absolute atomic E-state index is 0.0558. The summed E-state index contributed by atoms with van der Waals surface area (Å²) in [6.45, 7) is 4.27. The summed E-state index contributed by atoms with van der Waals surface area (Å²) in [6, 6.07) is 13.2. The first-order valence-corrected chi connectivity index (χ1v) is 8.57. The van der Waals surface area contributed by atoms with Gasteiger partial charge in [-0.05, 0) is 61.4 Å². The van der Waals surface area contributed by atoms with Crippen LogP contribution in [0.3, 0.4) is 0 Å². The maximum absolute atomic E-state index is 12.4. The van der Waals surface area contributed by atoms with E-state index < -0.39 is 5.92 Å². The van der Waals surface area contributed by atoms with Crippen molar-refractivity contribution in [3.05, 3.63) is 58.1 Å². The van der Waals surface area contributed by atoms with Gasteiger partial charge in [-0.1, -0.05) is 22.0 Å². The molecule has 2 aromatic rings. The molecule has 1 atom stereocenters. The van der Waals surface area contributed by atoms with Crippen molar-refractivity contribution in [3.63, 3.8) is 0 Å². The standard InChI is InChI=1S/C19H18BrNO3/c1-12-7-13(2)9-17(8-12)24-19(23)14-10-18(22)21(11-14)16-5-3-15(20)4-6-16/h3-9,14H,10-11H2,1-2H3/t14-/m1/s1. The molecule has 0 unspecified atom stereocenters. The fraction of sp³-hybridized carbons (Fsp3) is 0.263. The largest absolute Gasteiger partial charge is 0.426 e. The number of esters is 1. The van der Waals surface area contributed by atoms with Gasteiger partial charge in [-0.3, -0.25) is 9.59 Å². The Hall–Kier alpha value is -2.14. The number of carbonyl (C=O) groups excluding carboxylic acids is 2. The Bertz CT molecular complexity index is 765. The van der Waals surface area contributed by atoms with Gasteiger partial charge in [-0.25, -0.2) is 0 Å². The van der Waals surface area contributed by atoms with Gasteiger partial charge in [0, 0.05) is 23.1 Å². The predicted molar refractivity (Wildman–Crippen MR) is 96.2 cm³/mol. The fourth-order valence-electron chi connectivity index (χ4n) is 2.93. The number of halogens is 1. The van der Waals surface area contributed by atoms with Crippen molar-refractivity contribution in [3.8, 4) is 5.75 Å². The summed E-state index contributed by atoms with van der Waals surface area (Å²) in [5.41, 5.74) is 2.87. The Balaban J connectivity index is 1.70. The van der Waals surface area contributed by atoms with Crippen LogP contribution in [0.2, 0.25) is 0 Å². The molecule has 1 aliphatic rings. The molecule has 0 radical (unpaired) electrons. The van der Waals surface area contributed by atoms with Crippen LogP contribution in [0.5, 0.6) is 5.75 Å². The Morgan fingerprint density at radius 3 is 2.38 bits per heavy atom. The van der Waals surface area contributed by atoms with Crippen molar-refractivity contribution in [2.24, 2.45) is 5.92 Å². The van der Waals surface area contributed by atoms with Gasteiger partial charge in [0.05, 0.1) is 5.92 Å². The molecular formula is C19H18BrNO3. The average molecular weight is 388 g/mol. The van der Waals surface area contributed by atoms with Crippen LogP contribution in [-0.2, 0) is 9.59 Å². The van der Waals surface area contributed by atoms with E-state index >= 15 is 0 Å². The maximum atomic E-state index is 12.4. The average Bonchev–Trinajstić information content (AvgIpc) is 2.89. The van der Waals surface area contributed by atoms with E-state index in [0.29, 0.717) is 12.3 Å². The molecule has 5 heteroatoms. The number of ether oxygens (including phenoxy) is 1. The van der Waals surface area contributed by atoms with Crippen LogP contribution in [0, 0.1) is 19.8 Å². The highest BCUT2D eigenvalue weighted by atomic mass is 79.9. The molecule has 124 valence electrons. The van der Waals surface area contributed by atoms with Crippen LogP contribution in [0.1, 0.15) is 17.5 Å². The molecule has 0 saturated carbocycles. The van der Waals surface area contributed by atoms with E-state index in [0.717, 1.165) is 21.3 Å². The second kappa shape index (κ2) is 6.77. The van der Waals surface area contributed by atoms with Crippen LogP contribution in [0.4, 0.5) is 5.69 Å². The number of benzene rings is 2. The number of amides is 1. The highest BCUT2D eigenvalue weighted by molar-refractivity contribution is 9.10. The first-order chi connectivity index (χ1) is 11.4. The van der Waals surface area contributed by atoms with Gasteiger partial charge >= 0.3 is 5.97 Å². The summed E-state index contributed by atoms with van der Waals surface area (Å²) >= 11 is 3.38. The van der Waals surface area contributed by atoms with E-state index in [1.54, 1.807) is 4.90 Å².